The SMILES string of the molecule is CC1CCC(N(C(=O)Nc2ncc(CN3CCN(S(=O)(=O)N(C)C)CC3)s2)C2CCCCC2)CC1. The molecule has 4 rings (SSSR count). The molecule has 2 saturated carbocycles. The van der Waals surface area contributed by atoms with E-state index in [1.165, 1.54) is 52.1 Å². The summed E-state index contributed by atoms with van der Waals surface area (Å²) >= 11 is 1.53. The number of anilines is 1. The second-order valence-electron chi connectivity index (χ2n) is 10.6. The van der Waals surface area contributed by atoms with Gasteiger partial charge in [-0.3, -0.25) is 10.2 Å². The summed E-state index contributed by atoms with van der Waals surface area (Å²) in [6, 6.07) is 0.694. The van der Waals surface area contributed by atoms with Crippen molar-refractivity contribution in [2.75, 3.05) is 45.6 Å². The highest BCUT2D eigenvalue weighted by Gasteiger charge is 2.34. The predicted octanol–water partition coefficient (Wildman–Crippen LogP) is 3.81. The van der Waals surface area contributed by atoms with Gasteiger partial charge in [0.15, 0.2) is 5.13 Å². The monoisotopic (exact) mass is 526 g/mol. The van der Waals surface area contributed by atoms with E-state index in [1.54, 1.807) is 14.1 Å². The van der Waals surface area contributed by atoms with E-state index < -0.39 is 10.2 Å². The minimum absolute atomic E-state index is 0.0138. The fourth-order valence-electron chi connectivity index (χ4n) is 5.67. The van der Waals surface area contributed by atoms with Crippen molar-refractivity contribution in [1.29, 1.82) is 0 Å². The van der Waals surface area contributed by atoms with E-state index in [4.69, 9.17) is 0 Å². The maximum absolute atomic E-state index is 13.5. The van der Waals surface area contributed by atoms with E-state index in [2.05, 4.69) is 27.0 Å². The van der Waals surface area contributed by atoms with Gasteiger partial charge in [0.05, 0.1) is 0 Å². The Labute approximate surface area is 215 Å². The van der Waals surface area contributed by atoms with Crippen LogP contribution in [0.15, 0.2) is 6.20 Å². The number of nitrogens with zero attached hydrogens (tertiary/aromatic N) is 5. The number of carbonyl (C=O) groups excluding carboxylic acids is 1. The second-order valence-corrected chi connectivity index (χ2v) is 13.9. The molecule has 1 aromatic rings. The zero-order chi connectivity index (χ0) is 25.0. The summed E-state index contributed by atoms with van der Waals surface area (Å²) < 4.78 is 27.5. The van der Waals surface area contributed by atoms with Gasteiger partial charge >= 0.3 is 6.03 Å². The van der Waals surface area contributed by atoms with Crippen molar-refractivity contribution in [2.24, 2.45) is 5.92 Å². The molecule has 2 heterocycles. The summed E-state index contributed by atoms with van der Waals surface area (Å²) in [6.45, 7) is 5.37. The van der Waals surface area contributed by atoms with E-state index in [0.29, 0.717) is 43.4 Å². The summed E-state index contributed by atoms with van der Waals surface area (Å²) in [5, 5.41) is 3.78. The first-order chi connectivity index (χ1) is 16.7. The zero-order valence-electron chi connectivity index (χ0n) is 21.5. The summed E-state index contributed by atoms with van der Waals surface area (Å²) in [6.07, 6.45) is 12.4. The highest BCUT2D eigenvalue weighted by Crippen LogP contribution is 2.33. The van der Waals surface area contributed by atoms with Crippen LogP contribution in [-0.2, 0) is 16.8 Å². The normalized spacial score (nSPS) is 25.6. The maximum atomic E-state index is 13.5. The molecule has 1 aromatic heterocycles. The van der Waals surface area contributed by atoms with Crippen LogP contribution in [0.25, 0.3) is 0 Å². The topological polar surface area (TPSA) is 89.1 Å². The van der Waals surface area contributed by atoms with Crippen molar-refractivity contribution >= 4 is 32.7 Å². The molecular formula is C24H42N6O3S2. The molecule has 198 valence electrons. The Morgan fingerprint density at radius 3 is 2.29 bits per heavy atom. The summed E-state index contributed by atoms with van der Waals surface area (Å²) in [5.41, 5.74) is 0. The van der Waals surface area contributed by atoms with Crippen LogP contribution >= 0.6 is 11.3 Å². The highest BCUT2D eigenvalue weighted by molar-refractivity contribution is 7.86. The number of nitrogens with one attached hydrogen (secondary N) is 1. The molecule has 3 aliphatic rings. The number of hydrogen-bond donors (Lipinski definition) is 1. The largest absolute Gasteiger partial charge is 0.324 e. The smallest absolute Gasteiger partial charge is 0.319 e. The van der Waals surface area contributed by atoms with E-state index in [-0.39, 0.29) is 6.03 Å². The molecule has 0 aromatic carbocycles. The van der Waals surface area contributed by atoms with E-state index in [9.17, 15) is 13.2 Å². The van der Waals surface area contributed by atoms with Gasteiger partial charge in [-0.15, -0.1) is 11.3 Å². The summed E-state index contributed by atoms with van der Waals surface area (Å²) in [7, 11) is -0.221. The zero-order valence-corrected chi connectivity index (χ0v) is 23.1. The van der Waals surface area contributed by atoms with Crippen LogP contribution < -0.4 is 5.32 Å². The van der Waals surface area contributed by atoms with E-state index in [1.807, 2.05) is 6.20 Å². The standard InChI is InChI=1S/C24H42N6O3S2/c1-19-9-11-21(12-10-19)30(20-7-5-4-6-8-20)24(31)26-23-25-17-22(34-23)18-28-13-15-29(16-14-28)35(32,33)27(2)3/h17,19-21H,4-16,18H2,1-3H3,(H,25,26,31). The van der Waals surface area contributed by atoms with Crippen LogP contribution in [0.5, 0.6) is 0 Å². The van der Waals surface area contributed by atoms with Crippen LogP contribution in [0, 0.1) is 5.92 Å². The summed E-state index contributed by atoms with van der Waals surface area (Å²) in [4.78, 5) is 23.5. The number of urea groups is 1. The van der Waals surface area contributed by atoms with Crippen molar-refractivity contribution < 1.29 is 13.2 Å². The highest BCUT2D eigenvalue weighted by atomic mass is 32.2. The first-order valence-corrected chi connectivity index (χ1v) is 15.4. The lowest BCUT2D eigenvalue weighted by molar-refractivity contribution is 0.105. The minimum Gasteiger partial charge on any atom is -0.319 e. The van der Waals surface area contributed by atoms with Gasteiger partial charge in [0.25, 0.3) is 10.2 Å². The molecule has 0 atom stereocenters. The maximum Gasteiger partial charge on any atom is 0.324 e. The van der Waals surface area contributed by atoms with Crippen molar-refractivity contribution in [1.82, 2.24) is 23.4 Å². The molecule has 1 saturated heterocycles. The molecule has 3 fully saturated rings. The molecule has 2 aliphatic carbocycles. The lowest BCUT2D eigenvalue weighted by Crippen LogP contribution is -2.51. The molecule has 0 bridgehead atoms. The Bertz CT molecular complexity index is 931. The lowest BCUT2D eigenvalue weighted by atomic mass is 9.84. The number of hydrogen-bond acceptors (Lipinski definition) is 6. The second kappa shape index (κ2) is 11.9. The fraction of sp³-hybridized carbons (Fsp3) is 0.833. The fourth-order valence-corrected chi connectivity index (χ4v) is 7.61. The molecule has 35 heavy (non-hydrogen) atoms. The Balaban J connectivity index is 1.33. The molecule has 9 nitrogen and oxygen atoms in total. The van der Waals surface area contributed by atoms with Crippen molar-refractivity contribution in [3.63, 3.8) is 0 Å². The molecule has 1 aliphatic heterocycles. The Kier molecular flexibility index (Phi) is 9.07. The van der Waals surface area contributed by atoms with Gasteiger partial charge in [0, 0.05) is 70.0 Å². The number of piperazine rings is 1. The average molecular weight is 527 g/mol. The molecule has 0 radical (unpaired) electrons. The van der Waals surface area contributed by atoms with E-state index >= 15 is 0 Å². The van der Waals surface area contributed by atoms with Gasteiger partial charge in [-0.25, -0.2) is 9.78 Å². The first kappa shape index (κ1) is 26.8. The van der Waals surface area contributed by atoms with Crippen LogP contribution in [0.1, 0.15) is 69.6 Å². The van der Waals surface area contributed by atoms with Crippen LogP contribution in [0.4, 0.5) is 9.93 Å². The molecule has 1 N–H and O–H groups in total. The average Bonchev–Trinajstić information content (AvgIpc) is 3.28. The van der Waals surface area contributed by atoms with Crippen LogP contribution in [-0.4, -0.2) is 90.2 Å². The Morgan fingerprint density at radius 2 is 1.66 bits per heavy atom. The van der Waals surface area contributed by atoms with Gasteiger partial charge in [-0.1, -0.05) is 26.2 Å². The van der Waals surface area contributed by atoms with Crippen LogP contribution in [0.2, 0.25) is 0 Å². The molecule has 0 spiro atoms. The summed E-state index contributed by atoms with van der Waals surface area (Å²) in [5.74, 6) is 0.758. The third-order valence-corrected chi connectivity index (χ3v) is 10.7. The number of carbonyl (C=O) groups is 1. The number of amides is 2. The third-order valence-electron chi connectivity index (χ3n) is 7.85. The van der Waals surface area contributed by atoms with Crippen molar-refractivity contribution in [2.45, 2.75) is 83.3 Å². The lowest BCUT2D eigenvalue weighted by Gasteiger charge is -2.42. The first-order valence-electron chi connectivity index (χ1n) is 13.2. The minimum atomic E-state index is -3.36. The van der Waals surface area contributed by atoms with Crippen molar-refractivity contribution in [3.05, 3.63) is 11.1 Å². The molecule has 11 heteroatoms. The molecular weight excluding hydrogens is 484 g/mol. The van der Waals surface area contributed by atoms with Gasteiger partial charge < -0.3 is 4.90 Å². The molecule has 2 amide bonds. The Morgan fingerprint density at radius 1 is 1.03 bits per heavy atom. The van der Waals surface area contributed by atoms with Gasteiger partial charge in [0.1, 0.15) is 0 Å². The third kappa shape index (κ3) is 6.74. The number of thiazole rings is 1. The van der Waals surface area contributed by atoms with Gasteiger partial charge in [0.2, 0.25) is 0 Å². The number of rotatable bonds is 7. The van der Waals surface area contributed by atoms with Gasteiger partial charge in [-0.05, 0) is 44.4 Å². The van der Waals surface area contributed by atoms with Gasteiger partial charge in [-0.2, -0.15) is 17.0 Å². The van der Waals surface area contributed by atoms with Crippen molar-refractivity contribution in [3.8, 4) is 0 Å². The Hall–Kier alpha value is -1.27. The quantitative estimate of drug-likeness (QED) is 0.584. The van der Waals surface area contributed by atoms with Crippen LogP contribution in [0.3, 0.4) is 0 Å². The van der Waals surface area contributed by atoms with E-state index in [0.717, 1.165) is 43.0 Å². The predicted molar refractivity (Wildman–Crippen MR) is 141 cm³/mol. The molecule has 0 unspecified atom stereocenters. The number of aromatic nitrogens is 1.